The molecule has 2 amide bonds. The molecule has 0 saturated carbocycles. The van der Waals surface area contributed by atoms with Crippen molar-refractivity contribution in [3.05, 3.63) is 29.8 Å². The lowest BCUT2D eigenvalue weighted by Crippen LogP contribution is -2.46. The van der Waals surface area contributed by atoms with Gasteiger partial charge in [-0.1, -0.05) is 12.1 Å². The first-order valence-electron chi connectivity index (χ1n) is 6.44. The molecule has 4 nitrogen and oxygen atoms in total. The molecule has 0 radical (unpaired) electrons. The number of amides is 2. The highest BCUT2D eigenvalue weighted by Crippen LogP contribution is 2.20. The van der Waals surface area contributed by atoms with Crippen LogP contribution in [0.25, 0.3) is 0 Å². The molecule has 0 aliphatic carbocycles. The number of nitrogens with zero attached hydrogens (tertiary/aromatic N) is 1. The first-order chi connectivity index (χ1) is 9.24. The fourth-order valence-electron chi connectivity index (χ4n) is 1.77. The van der Waals surface area contributed by atoms with E-state index in [1.54, 1.807) is 13.1 Å². The smallest absolute Gasteiger partial charge is 0.255 e. The fraction of sp³-hybridized carbons (Fsp3) is 0.467. The zero-order valence-corrected chi connectivity index (χ0v) is 13.5. The first-order valence-corrected chi connectivity index (χ1v) is 7.66. The lowest BCUT2D eigenvalue weighted by molar-refractivity contribution is -0.122. The van der Waals surface area contributed by atoms with E-state index in [1.807, 2.05) is 45.2 Å². The number of likely N-dealkylation sites (N-methyl/N-ethyl adjacent to an activating group) is 1. The number of nitrogens with one attached hydrogen (secondary N) is 1. The number of carbonyl (C=O) groups excluding carboxylic acids is 2. The van der Waals surface area contributed by atoms with Crippen molar-refractivity contribution in [3.8, 4) is 0 Å². The minimum Gasteiger partial charge on any atom is -0.350 e. The summed E-state index contributed by atoms with van der Waals surface area (Å²) in [6, 6.07) is 7.41. The third-order valence-electron chi connectivity index (χ3n) is 2.58. The SMILES string of the molecule is CSc1ccccc1C(=O)N(C)CC(=O)NC(C)(C)C. The summed E-state index contributed by atoms with van der Waals surface area (Å²) in [5, 5.41) is 2.85. The van der Waals surface area contributed by atoms with Gasteiger partial charge in [-0.2, -0.15) is 0 Å². The number of carbonyl (C=O) groups is 2. The Balaban J connectivity index is 2.75. The average Bonchev–Trinajstić information content (AvgIpc) is 2.35. The molecule has 1 aromatic carbocycles. The van der Waals surface area contributed by atoms with Crippen molar-refractivity contribution in [2.75, 3.05) is 19.8 Å². The lowest BCUT2D eigenvalue weighted by atomic mass is 10.1. The van der Waals surface area contributed by atoms with Gasteiger partial charge in [-0.15, -0.1) is 11.8 Å². The minimum absolute atomic E-state index is 0.0544. The Morgan fingerprint density at radius 3 is 2.40 bits per heavy atom. The summed E-state index contributed by atoms with van der Waals surface area (Å²) in [6.07, 6.45) is 1.93. The highest BCUT2D eigenvalue weighted by atomic mass is 32.2. The van der Waals surface area contributed by atoms with Crippen LogP contribution >= 0.6 is 11.8 Å². The molecule has 1 N–H and O–H groups in total. The lowest BCUT2D eigenvalue weighted by Gasteiger charge is -2.23. The highest BCUT2D eigenvalue weighted by Gasteiger charge is 2.20. The van der Waals surface area contributed by atoms with Crippen LogP contribution in [-0.2, 0) is 4.79 Å². The largest absolute Gasteiger partial charge is 0.350 e. The van der Waals surface area contributed by atoms with Crippen molar-refractivity contribution in [3.63, 3.8) is 0 Å². The Kier molecular flexibility index (Phi) is 5.62. The molecular formula is C15H22N2O2S. The van der Waals surface area contributed by atoms with E-state index in [0.717, 1.165) is 4.90 Å². The molecule has 0 fully saturated rings. The van der Waals surface area contributed by atoms with Crippen LogP contribution in [0, 0.1) is 0 Å². The van der Waals surface area contributed by atoms with E-state index < -0.39 is 0 Å². The fourth-order valence-corrected chi connectivity index (χ4v) is 2.36. The van der Waals surface area contributed by atoms with Crippen molar-refractivity contribution in [1.29, 1.82) is 0 Å². The van der Waals surface area contributed by atoms with Crippen LogP contribution in [0.5, 0.6) is 0 Å². The maximum atomic E-state index is 12.4. The van der Waals surface area contributed by atoms with Gasteiger partial charge in [-0.05, 0) is 39.2 Å². The minimum atomic E-state index is -0.294. The second-order valence-corrected chi connectivity index (χ2v) is 6.51. The van der Waals surface area contributed by atoms with Gasteiger partial charge in [0.05, 0.1) is 12.1 Å². The van der Waals surface area contributed by atoms with Gasteiger partial charge in [0.25, 0.3) is 5.91 Å². The van der Waals surface area contributed by atoms with Crippen LogP contribution in [0.15, 0.2) is 29.2 Å². The van der Waals surface area contributed by atoms with Gasteiger partial charge in [0.15, 0.2) is 0 Å². The summed E-state index contributed by atoms with van der Waals surface area (Å²) in [6.45, 7) is 5.79. The van der Waals surface area contributed by atoms with E-state index in [1.165, 1.54) is 16.7 Å². The molecule has 5 heteroatoms. The Hall–Kier alpha value is -1.49. The average molecular weight is 294 g/mol. The van der Waals surface area contributed by atoms with Gasteiger partial charge in [0, 0.05) is 17.5 Å². The number of hydrogen-bond donors (Lipinski definition) is 1. The van der Waals surface area contributed by atoms with E-state index in [4.69, 9.17) is 0 Å². The summed E-state index contributed by atoms with van der Waals surface area (Å²) in [5.74, 6) is -0.297. The molecule has 1 aromatic rings. The van der Waals surface area contributed by atoms with Gasteiger partial charge in [-0.25, -0.2) is 0 Å². The van der Waals surface area contributed by atoms with Crippen molar-refractivity contribution in [2.45, 2.75) is 31.2 Å². The predicted octanol–water partition coefficient (Wildman–Crippen LogP) is 2.40. The molecule has 0 saturated heterocycles. The third-order valence-corrected chi connectivity index (χ3v) is 3.38. The van der Waals surface area contributed by atoms with E-state index >= 15 is 0 Å². The van der Waals surface area contributed by atoms with Crippen LogP contribution in [0.3, 0.4) is 0 Å². The number of thioether (sulfide) groups is 1. The number of rotatable bonds is 4. The van der Waals surface area contributed by atoms with Gasteiger partial charge < -0.3 is 10.2 Å². The van der Waals surface area contributed by atoms with Crippen LogP contribution in [0.1, 0.15) is 31.1 Å². The van der Waals surface area contributed by atoms with Gasteiger partial charge in [0.1, 0.15) is 0 Å². The van der Waals surface area contributed by atoms with Crippen LogP contribution in [0.4, 0.5) is 0 Å². The maximum Gasteiger partial charge on any atom is 0.255 e. The van der Waals surface area contributed by atoms with Crippen LogP contribution in [-0.4, -0.2) is 42.1 Å². The van der Waals surface area contributed by atoms with Crippen LogP contribution in [0.2, 0.25) is 0 Å². The van der Waals surface area contributed by atoms with Crippen molar-refractivity contribution >= 4 is 23.6 Å². The van der Waals surface area contributed by atoms with E-state index in [-0.39, 0.29) is 23.9 Å². The Labute approximate surface area is 124 Å². The van der Waals surface area contributed by atoms with E-state index in [0.29, 0.717) is 5.56 Å². The molecular weight excluding hydrogens is 272 g/mol. The molecule has 1 rings (SSSR count). The van der Waals surface area contributed by atoms with Crippen molar-refractivity contribution in [2.24, 2.45) is 0 Å². The predicted molar refractivity (Wildman–Crippen MR) is 83.1 cm³/mol. The molecule has 0 bridgehead atoms. The van der Waals surface area contributed by atoms with Gasteiger partial charge in [0.2, 0.25) is 5.91 Å². The standard InChI is InChI=1S/C15H22N2O2S/c1-15(2,3)16-13(18)10-17(4)14(19)11-8-6-7-9-12(11)20-5/h6-9H,10H2,1-5H3,(H,16,18). The Morgan fingerprint density at radius 2 is 1.85 bits per heavy atom. The molecule has 0 aromatic heterocycles. The summed E-state index contributed by atoms with van der Waals surface area (Å²) in [5.41, 5.74) is 0.337. The zero-order valence-electron chi connectivity index (χ0n) is 12.7. The molecule has 20 heavy (non-hydrogen) atoms. The number of benzene rings is 1. The normalized spacial score (nSPS) is 11.1. The third kappa shape index (κ3) is 4.89. The first kappa shape index (κ1) is 16.6. The van der Waals surface area contributed by atoms with Crippen molar-refractivity contribution < 1.29 is 9.59 Å². The topological polar surface area (TPSA) is 49.4 Å². The number of hydrogen-bond acceptors (Lipinski definition) is 3. The monoisotopic (exact) mass is 294 g/mol. The van der Waals surface area contributed by atoms with Crippen LogP contribution < -0.4 is 5.32 Å². The summed E-state index contributed by atoms with van der Waals surface area (Å²) < 4.78 is 0. The molecule has 0 spiro atoms. The van der Waals surface area contributed by atoms with Gasteiger partial charge in [-0.3, -0.25) is 9.59 Å². The summed E-state index contributed by atoms with van der Waals surface area (Å²) >= 11 is 1.52. The second kappa shape index (κ2) is 6.79. The molecule has 0 aliphatic heterocycles. The quantitative estimate of drug-likeness (QED) is 0.868. The Morgan fingerprint density at radius 1 is 1.25 bits per heavy atom. The molecule has 110 valence electrons. The van der Waals surface area contributed by atoms with E-state index in [2.05, 4.69) is 5.32 Å². The summed E-state index contributed by atoms with van der Waals surface area (Å²) in [4.78, 5) is 26.6. The highest BCUT2D eigenvalue weighted by molar-refractivity contribution is 7.98. The maximum absolute atomic E-state index is 12.4. The van der Waals surface area contributed by atoms with Crippen molar-refractivity contribution in [1.82, 2.24) is 10.2 Å². The zero-order chi connectivity index (χ0) is 15.3. The molecule has 0 heterocycles. The Bertz CT molecular complexity index is 495. The van der Waals surface area contributed by atoms with Gasteiger partial charge >= 0.3 is 0 Å². The molecule has 0 aliphatic rings. The van der Waals surface area contributed by atoms with E-state index in [9.17, 15) is 9.59 Å². The summed E-state index contributed by atoms with van der Waals surface area (Å²) in [7, 11) is 1.64. The molecule has 0 atom stereocenters. The molecule has 0 unspecified atom stereocenters. The second-order valence-electron chi connectivity index (χ2n) is 5.66.